The highest BCUT2D eigenvalue weighted by atomic mass is 19.4. The zero-order valence-electron chi connectivity index (χ0n) is 16.7. The molecule has 0 radical (unpaired) electrons. The van der Waals surface area contributed by atoms with Crippen LogP contribution in [0.3, 0.4) is 0 Å². The van der Waals surface area contributed by atoms with Gasteiger partial charge in [-0.05, 0) is 50.4 Å². The maximum atomic E-state index is 13.6. The van der Waals surface area contributed by atoms with Crippen molar-refractivity contribution in [2.75, 3.05) is 0 Å². The number of esters is 1. The maximum absolute atomic E-state index is 13.6. The summed E-state index contributed by atoms with van der Waals surface area (Å²) in [6.45, 7) is 5.36. The molecule has 0 amide bonds. The van der Waals surface area contributed by atoms with Crippen LogP contribution in [-0.2, 0) is 9.53 Å². The van der Waals surface area contributed by atoms with E-state index in [2.05, 4.69) is 0 Å². The normalized spacial score (nSPS) is 29.1. The summed E-state index contributed by atoms with van der Waals surface area (Å²) in [5.41, 5.74) is -8.14. The van der Waals surface area contributed by atoms with E-state index in [1.54, 1.807) is 6.08 Å². The van der Waals surface area contributed by atoms with E-state index in [0.29, 0.717) is 12.3 Å². The van der Waals surface area contributed by atoms with E-state index in [4.69, 9.17) is 4.74 Å². The molecule has 0 aromatic carbocycles. The first kappa shape index (κ1) is 24.0. The number of ether oxygens (including phenoxy) is 1. The Bertz CT molecular complexity index is 611. The van der Waals surface area contributed by atoms with Crippen molar-refractivity contribution in [3.05, 3.63) is 12.2 Å². The summed E-state index contributed by atoms with van der Waals surface area (Å²) in [4.78, 5) is 12.5. The van der Waals surface area contributed by atoms with Gasteiger partial charge in [0.05, 0.1) is 5.92 Å². The topological polar surface area (TPSA) is 46.5 Å². The SMILES string of the molecule is CC(C)C/C=C\CC(C)C(=O)OC1(C(O)(C(F)(F)F)C(F)(F)F)CC2CCC1C2. The predicted molar refractivity (Wildman–Crippen MR) is 93.7 cm³/mol. The Labute approximate surface area is 166 Å². The molecule has 2 bridgehead atoms. The Morgan fingerprint density at radius 2 is 1.62 bits per heavy atom. The van der Waals surface area contributed by atoms with Crippen LogP contribution < -0.4 is 0 Å². The molecule has 4 unspecified atom stereocenters. The summed E-state index contributed by atoms with van der Waals surface area (Å²) in [6.07, 6.45) is -7.78. The molecule has 9 heteroatoms. The van der Waals surface area contributed by atoms with Crippen LogP contribution in [0.4, 0.5) is 26.3 Å². The van der Waals surface area contributed by atoms with Crippen molar-refractivity contribution in [2.45, 2.75) is 82.9 Å². The summed E-state index contributed by atoms with van der Waals surface area (Å²) in [6, 6.07) is 0. The molecule has 0 spiro atoms. The molecule has 1 N–H and O–H groups in total. The molecular formula is C20H28F6O3. The van der Waals surface area contributed by atoms with Gasteiger partial charge in [0.1, 0.15) is 0 Å². The minimum absolute atomic E-state index is 0.0507. The van der Waals surface area contributed by atoms with Gasteiger partial charge in [-0.3, -0.25) is 4.79 Å². The van der Waals surface area contributed by atoms with Gasteiger partial charge in [-0.2, -0.15) is 26.3 Å². The lowest BCUT2D eigenvalue weighted by molar-refractivity contribution is -0.419. The van der Waals surface area contributed by atoms with Crippen LogP contribution in [-0.4, -0.2) is 34.6 Å². The summed E-state index contributed by atoms with van der Waals surface area (Å²) in [5.74, 6) is -3.34. The van der Waals surface area contributed by atoms with Gasteiger partial charge >= 0.3 is 18.3 Å². The number of carbonyl (C=O) groups excluding carboxylic acids is 1. The van der Waals surface area contributed by atoms with Gasteiger partial charge in [0.15, 0.2) is 5.60 Å². The van der Waals surface area contributed by atoms with Gasteiger partial charge < -0.3 is 9.84 Å². The summed E-state index contributed by atoms with van der Waals surface area (Å²) >= 11 is 0. The van der Waals surface area contributed by atoms with Crippen LogP contribution in [0, 0.1) is 23.7 Å². The molecular weight excluding hydrogens is 402 g/mol. The average molecular weight is 430 g/mol. The van der Waals surface area contributed by atoms with Crippen molar-refractivity contribution < 1.29 is 41.0 Å². The molecule has 0 saturated heterocycles. The molecule has 2 saturated carbocycles. The molecule has 0 aliphatic heterocycles. The van der Waals surface area contributed by atoms with Gasteiger partial charge in [-0.15, -0.1) is 0 Å². The number of fused-ring (bicyclic) bond motifs is 2. The number of allylic oxidation sites excluding steroid dienone is 2. The smallest absolute Gasteiger partial charge is 0.430 e. The van der Waals surface area contributed by atoms with Crippen LogP contribution in [0.2, 0.25) is 0 Å². The third kappa shape index (κ3) is 4.30. The average Bonchev–Trinajstić information content (AvgIpc) is 3.16. The fraction of sp³-hybridized carbons (Fsp3) is 0.850. The van der Waals surface area contributed by atoms with Gasteiger partial charge in [0.25, 0.3) is 5.60 Å². The zero-order chi connectivity index (χ0) is 22.3. The Morgan fingerprint density at radius 1 is 1.07 bits per heavy atom. The highest BCUT2D eigenvalue weighted by molar-refractivity contribution is 5.73. The van der Waals surface area contributed by atoms with Crippen LogP contribution in [0.15, 0.2) is 12.2 Å². The molecule has 2 aliphatic carbocycles. The molecule has 2 fully saturated rings. The number of alkyl halides is 6. The van der Waals surface area contributed by atoms with E-state index in [0.717, 1.165) is 6.42 Å². The first-order valence-corrected chi connectivity index (χ1v) is 9.89. The summed E-state index contributed by atoms with van der Waals surface area (Å²) in [5, 5.41) is 10.1. The second kappa shape index (κ2) is 8.12. The third-order valence-corrected chi connectivity index (χ3v) is 6.17. The number of rotatable bonds is 7. The Morgan fingerprint density at radius 3 is 2.03 bits per heavy atom. The fourth-order valence-corrected chi connectivity index (χ4v) is 4.61. The lowest BCUT2D eigenvalue weighted by Crippen LogP contribution is -2.73. The molecule has 168 valence electrons. The highest BCUT2D eigenvalue weighted by Crippen LogP contribution is 2.63. The zero-order valence-corrected chi connectivity index (χ0v) is 16.7. The van der Waals surface area contributed by atoms with Crippen LogP contribution >= 0.6 is 0 Å². The lowest BCUT2D eigenvalue weighted by Gasteiger charge is -2.49. The molecule has 0 heterocycles. The minimum atomic E-state index is -6.03. The molecule has 3 nitrogen and oxygen atoms in total. The second-order valence-corrected chi connectivity index (χ2v) is 8.83. The number of hydrogen-bond acceptors (Lipinski definition) is 3. The van der Waals surface area contributed by atoms with Gasteiger partial charge in [-0.25, -0.2) is 0 Å². The van der Waals surface area contributed by atoms with Crippen molar-refractivity contribution >= 4 is 5.97 Å². The molecule has 4 atom stereocenters. The predicted octanol–water partition coefficient (Wildman–Crippen LogP) is 5.57. The maximum Gasteiger partial charge on any atom is 0.430 e. The van der Waals surface area contributed by atoms with Crippen molar-refractivity contribution in [1.82, 2.24) is 0 Å². The molecule has 0 aromatic rings. The van der Waals surface area contributed by atoms with Gasteiger partial charge in [-0.1, -0.05) is 32.9 Å². The molecule has 0 aromatic heterocycles. The van der Waals surface area contributed by atoms with Crippen molar-refractivity contribution in [3.8, 4) is 0 Å². The molecule has 2 aliphatic rings. The Hall–Kier alpha value is -1.25. The lowest BCUT2D eigenvalue weighted by atomic mass is 9.70. The molecule has 2 rings (SSSR count). The third-order valence-electron chi connectivity index (χ3n) is 6.17. The van der Waals surface area contributed by atoms with Gasteiger partial charge in [0.2, 0.25) is 0 Å². The monoisotopic (exact) mass is 430 g/mol. The van der Waals surface area contributed by atoms with Gasteiger partial charge in [0, 0.05) is 5.92 Å². The van der Waals surface area contributed by atoms with Crippen molar-refractivity contribution in [3.63, 3.8) is 0 Å². The molecule has 29 heavy (non-hydrogen) atoms. The quantitative estimate of drug-likeness (QED) is 0.326. The standard InChI is InChI=1S/C20H28F6O3/c1-12(2)6-4-5-7-13(3)16(27)29-17(11-14-8-9-15(17)10-14)18(28,19(21,22)23)20(24,25)26/h4-5,12-15,28H,6-11H2,1-3H3/b5-4-. The largest absolute Gasteiger partial charge is 0.455 e. The van der Waals surface area contributed by atoms with E-state index in [1.807, 2.05) is 19.9 Å². The Balaban J connectivity index is 2.32. The first-order valence-electron chi connectivity index (χ1n) is 9.89. The summed E-state index contributed by atoms with van der Waals surface area (Å²) in [7, 11) is 0. The van der Waals surface area contributed by atoms with E-state index in [1.165, 1.54) is 6.92 Å². The van der Waals surface area contributed by atoms with E-state index in [-0.39, 0.29) is 19.3 Å². The van der Waals surface area contributed by atoms with Crippen molar-refractivity contribution in [2.24, 2.45) is 23.7 Å². The van der Waals surface area contributed by atoms with E-state index < -0.39 is 53.7 Å². The number of aliphatic hydroxyl groups is 1. The van der Waals surface area contributed by atoms with Crippen LogP contribution in [0.5, 0.6) is 0 Å². The number of carbonyl (C=O) groups is 1. The van der Waals surface area contributed by atoms with E-state index in [9.17, 15) is 36.2 Å². The fourth-order valence-electron chi connectivity index (χ4n) is 4.61. The highest BCUT2D eigenvalue weighted by Gasteiger charge is 2.84. The van der Waals surface area contributed by atoms with Crippen LogP contribution in [0.25, 0.3) is 0 Å². The van der Waals surface area contributed by atoms with Crippen molar-refractivity contribution in [1.29, 1.82) is 0 Å². The first-order chi connectivity index (χ1) is 13.2. The number of halogens is 6. The van der Waals surface area contributed by atoms with E-state index >= 15 is 0 Å². The number of hydrogen-bond donors (Lipinski definition) is 1. The summed E-state index contributed by atoms with van der Waals surface area (Å²) < 4.78 is 86.8. The van der Waals surface area contributed by atoms with Crippen LogP contribution in [0.1, 0.15) is 59.3 Å². The minimum Gasteiger partial charge on any atom is -0.455 e. The second-order valence-electron chi connectivity index (χ2n) is 8.83. The Kier molecular flexibility index (Phi) is 6.72.